The molecule has 0 amide bonds. The van der Waals surface area contributed by atoms with Crippen LogP contribution in [0, 0.1) is 0 Å². The van der Waals surface area contributed by atoms with Crippen LogP contribution < -0.4 is 0 Å². The molecule has 0 bridgehead atoms. The van der Waals surface area contributed by atoms with Crippen LogP contribution >= 0.6 is 0 Å². The molecule has 0 aliphatic heterocycles. The third-order valence-corrected chi connectivity index (χ3v) is 1.34. The van der Waals surface area contributed by atoms with Gasteiger partial charge >= 0.3 is 17.4 Å². The number of hydrogen-bond donors (Lipinski definition) is 0. The van der Waals surface area contributed by atoms with Gasteiger partial charge in [-0.15, -0.1) is 0 Å². The van der Waals surface area contributed by atoms with Gasteiger partial charge in [-0.25, -0.2) is 0 Å². The van der Waals surface area contributed by atoms with E-state index in [4.69, 9.17) is 0 Å². The van der Waals surface area contributed by atoms with Crippen molar-refractivity contribution in [3.63, 3.8) is 0 Å². The maximum atomic E-state index is 2.38. The molecule has 0 fully saturated rings. The molecular weight excluding hydrogens is 161 g/mol. The summed E-state index contributed by atoms with van der Waals surface area (Å²) in [6.45, 7) is 10.1. The summed E-state index contributed by atoms with van der Waals surface area (Å²) in [7, 11) is 0. The molecule has 0 saturated heterocycles. The van der Waals surface area contributed by atoms with Gasteiger partial charge in [0.05, 0.1) is 0 Å². The van der Waals surface area contributed by atoms with Crippen molar-refractivity contribution in [3.05, 3.63) is 0 Å². The summed E-state index contributed by atoms with van der Waals surface area (Å²) in [5.41, 5.74) is 0. The summed E-state index contributed by atoms with van der Waals surface area (Å²) in [5, 5.41) is 0. The van der Waals surface area contributed by atoms with Gasteiger partial charge in [-0.3, -0.25) is 0 Å². The van der Waals surface area contributed by atoms with E-state index in [0.29, 0.717) is 0 Å². The first-order valence-electron chi connectivity index (χ1n) is 3.07. The molecule has 0 spiro atoms. The Balaban J connectivity index is -0.0000000300. The Hall–Kier alpha value is 0.372. The molecule has 0 heterocycles. The molecule has 0 saturated carbocycles. The van der Waals surface area contributed by atoms with Crippen molar-refractivity contribution in [2.75, 3.05) is 19.6 Å². The van der Waals surface area contributed by atoms with E-state index in [9.17, 15) is 0 Å². The minimum atomic E-state index is 0. The predicted molar refractivity (Wildman–Crippen MR) is 45.0 cm³/mol. The quantitative estimate of drug-likeness (QED) is 0.587. The van der Waals surface area contributed by atoms with Crippen LogP contribution in [0.5, 0.6) is 0 Å². The second-order valence-electron chi connectivity index (χ2n) is 1.62. The topological polar surface area (TPSA) is 93.2 Å². The van der Waals surface area contributed by atoms with Crippen molar-refractivity contribution < 1.29 is 16.4 Å². The van der Waals surface area contributed by atoms with Crippen LogP contribution in [-0.2, 0) is 0 Å². The van der Waals surface area contributed by atoms with Crippen molar-refractivity contribution in [3.8, 4) is 0 Å². The summed E-state index contributed by atoms with van der Waals surface area (Å²) >= 11 is 0. The van der Waals surface area contributed by atoms with Crippen LogP contribution in [0.3, 0.4) is 0 Å². The predicted octanol–water partition coefficient (Wildman–Crippen LogP) is 0.437. The molecule has 0 aromatic carbocycles. The van der Waals surface area contributed by atoms with Crippen LogP contribution in [0.1, 0.15) is 20.8 Å². The number of nitrogens with zero attached hydrogens (tertiary/aromatic N) is 1. The average molecular weight is 179 g/mol. The van der Waals surface area contributed by atoms with Gasteiger partial charge in [-0.05, 0) is 19.6 Å². The molecule has 0 unspecified atom stereocenters. The van der Waals surface area contributed by atoms with Gasteiger partial charge in [0.2, 0.25) is 0 Å². The summed E-state index contributed by atoms with van der Waals surface area (Å²) in [5.74, 6) is 0. The van der Waals surface area contributed by atoms with E-state index >= 15 is 0 Å². The summed E-state index contributed by atoms with van der Waals surface area (Å²) in [6, 6.07) is 0. The van der Waals surface area contributed by atoms with Crippen molar-refractivity contribution in [2.45, 2.75) is 20.8 Å². The Bertz CT molecular complexity index is 39.3. The fraction of sp³-hybridized carbons (Fsp3) is 1.00. The first-order chi connectivity index (χ1) is 3.35. The SMILES string of the molecule is CCN(CC)CC.[Al+3].[OH-].[OH-].[OH-]. The third kappa shape index (κ3) is 17.9. The van der Waals surface area contributed by atoms with E-state index < -0.39 is 0 Å². The molecule has 4 nitrogen and oxygen atoms in total. The molecule has 0 rings (SSSR count). The standard InChI is InChI=1S/C6H15N.Al.3H2O/c1-4-7(5-2)6-3;;;;/h4-6H2,1-3H3;;3*1H2/q;+3;;;/p-3. The number of rotatable bonds is 3. The number of hydrogen-bond acceptors (Lipinski definition) is 4. The Morgan fingerprint density at radius 1 is 0.727 bits per heavy atom. The van der Waals surface area contributed by atoms with E-state index in [1.165, 1.54) is 19.6 Å². The second kappa shape index (κ2) is 22.4. The zero-order valence-corrected chi connectivity index (χ0v) is 8.64. The fourth-order valence-electron chi connectivity index (χ4n) is 0.671. The van der Waals surface area contributed by atoms with E-state index in [-0.39, 0.29) is 33.8 Å². The molecule has 0 atom stereocenters. The van der Waals surface area contributed by atoms with Crippen LogP contribution in [-0.4, -0.2) is 58.3 Å². The van der Waals surface area contributed by atoms with Crippen molar-refractivity contribution in [1.29, 1.82) is 0 Å². The first kappa shape index (κ1) is 30.1. The largest absolute Gasteiger partial charge is 3.00 e. The Labute approximate surface area is 79.6 Å². The first-order valence-corrected chi connectivity index (χ1v) is 3.07. The normalized spacial score (nSPS) is 6.55. The van der Waals surface area contributed by atoms with Gasteiger partial charge in [0.25, 0.3) is 0 Å². The molecule has 0 radical (unpaired) electrons. The zero-order chi connectivity index (χ0) is 5.70. The summed E-state index contributed by atoms with van der Waals surface area (Å²) in [4.78, 5) is 2.38. The molecule has 0 aromatic heterocycles. The van der Waals surface area contributed by atoms with Crippen LogP contribution in [0.25, 0.3) is 0 Å². The van der Waals surface area contributed by atoms with E-state index in [1.807, 2.05) is 0 Å². The van der Waals surface area contributed by atoms with Crippen LogP contribution in [0.15, 0.2) is 0 Å². The Kier molecular flexibility index (Phi) is 61.5. The molecular formula is C6H18AlNO3. The maximum absolute atomic E-state index is 2.38. The zero-order valence-electron chi connectivity index (χ0n) is 7.49. The minimum Gasteiger partial charge on any atom is -0.870 e. The van der Waals surface area contributed by atoms with Gasteiger partial charge in [-0.2, -0.15) is 0 Å². The molecule has 3 N–H and O–H groups in total. The molecule has 0 aliphatic rings. The Morgan fingerprint density at radius 3 is 0.909 bits per heavy atom. The smallest absolute Gasteiger partial charge is 0.870 e. The van der Waals surface area contributed by atoms with Gasteiger partial charge in [0.15, 0.2) is 0 Å². The average Bonchev–Trinajstić information content (AvgIpc) is 1.72. The van der Waals surface area contributed by atoms with Crippen LogP contribution in [0.4, 0.5) is 0 Å². The van der Waals surface area contributed by atoms with Gasteiger partial charge in [0, 0.05) is 0 Å². The molecule has 0 aliphatic carbocycles. The molecule has 11 heavy (non-hydrogen) atoms. The fourth-order valence-corrected chi connectivity index (χ4v) is 0.671. The van der Waals surface area contributed by atoms with E-state index in [0.717, 1.165) is 0 Å². The molecule has 68 valence electrons. The van der Waals surface area contributed by atoms with Gasteiger partial charge < -0.3 is 21.3 Å². The maximum Gasteiger partial charge on any atom is 3.00 e. The summed E-state index contributed by atoms with van der Waals surface area (Å²) in [6.07, 6.45) is 0. The third-order valence-electron chi connectivity index (χ3n) is 1.34. The van der Waals surface area contributed by atoms with E-state index in [2.05, 4.69) is 25.7 Å². The van der Waals surface area contributed by atoms with Crippen molar-refractivity contribution in [2.24, 2.45) is 0 Å². The van der Waals surface area contributed by atoms with E-state index in [1.54, 1.807) is 0 Å². The van der Waals surface area contributed by atoms with Crippen molar-refractivity contribution in [1.82, 2.24) is 4.90 Å². The van der Waals surface area contributed by atoms with Crippen molar-refractivity contribution >= 4 is 17.4 Å². The van der Waals surface area contributed by atoms with Crippen LogP contribution in [0.2, 0.25) is 0 Å². The Morgan fingerprint density at radius 2 is 0.909 bits per heavy atom. The monoisotopic (exact) mass is 179 g/mol. The second-order valence-corrected chi connectivity index (χ2v) is 1.62. The summed E-state index contributed by atoms with van der Waals surface area (Å²) < 4.78 is 0. The molecule has 0 aromatic rings. The molecule has 5 heteroatoms. The van der Waals surface area contributed by atoms with Gasteiger partial charge in [-0.1, -0.05) is 20.8 Å². The van der Waals surface area contributed by atoms with Gasteiger partial charge in [0.1, 0.15) is 0 Å². The minimum absolute atomic E-state index is 0.